The third-order valence-corrected chi connectivity index (χ3v) is 3.09. The van der Waals surface area contributed by atoms with E-state index in [0.29, 0.717) is 11.1 Å². The lowest BCUT2D eigenvalue weighted by Gasteiger charge is -2.27. The Hall–Kier alpha value is -1.71. The summed E-state index contributed by atoms with van der Waals surface area (Å²) >= 11 is 0. The van der Waals surface area contributed by atoms with Gasteiger partial charge in [0.05, 0.1) is 0 Å². The molecule has 0 aliphatic carbocycles. The van der Waals surface area contributed by atoms with Crippen molar-refractivity contribution in [2.45, 2.75) is 12.0 Å². The van der Waals surface area contributed by atoms with Gasteiger partial charge in [-0.15, -0.1) is 0 Å². The number of hydrogen-bond acceptors (Lipinski definition) is 2. The van der Waals surface area contributed by atoms with Gasteiger partial charge in [0.15, 0.2) is 0 Å². The average Bonchev–Trinajstić information content (AvgIpc) is 2.42. The molecule has 0 saturated heterocycles. The monoisotopic (exact) mass is 245 g/mol. The van der Waals surface area contributed by atoms with Crippen molar-refractivity contribution in [3.05, 3.63) is 71.5 Å². The molecular formula is C15H16FNO. The topological polar surface area (TPSA) is 46.2 Å². The Balaban J connectivity index is 2.32. The molecule has 0 bridgehead atoms. The Morgan fingerprint density at radius 2 is 1.61 bits per heavy atom. The van der Waals surface area contributed by atoms with Gasteiger partial charge in [-0.2, -0.15) is 0 Å². The van der Waals surface area contributed by atoms with Crippen LogP contribution in [0.5, 0.6) is 0 Å². The molecule has 0 spiro atoms. The first-order valence-electron chi connectivity index (χ1n) is 5.87. The Morgan fingerprint density at radius 3 is 2.22 bits per heavy atom. The van der Waals surface area contributed by atoms with Crippen LogP contribution in [0.2, 0.25) is 0 Å². The summed E-state index contributed by atoms with van der Waals surface area (Å²) < 4.78 is 13.6. The second kappa shape index (κ2) is 5.29. The van der Waals surface area contributed by atoms with Crippen LogP contribution in [-0.4, -0.2) is 11.7 Å². The van der Waals surface area contributed by atoms with Crippen molar-refractivity contribution in [2.24, 2.45) is 5.73 Å². The Labute approximate surface area is 106 Å². The third kappa shape index (κ3) is 2.58. The highest BCUT2D eigenvalue weighted by Gasteiger charge is 2.28. The van der Waals surface area contributed by atoms with Gasteiger partial charge in [-0.1, -0.05) is 48.5 Å². The molecule has 2 nitrogen and oxygen atoms in total. The minimum atomic E-state index is -1.23. The molecule has 2 aromatic rings. The van der Waals surface area contributed by atoms with Crippen LogP contribution in [-0.2, 0) is 12.0 Å². The zero-order valence-electron chi connectivity index (χ0n) is 10.0. The summed E-state index contributed by atoms with van der Waals surface area (Å²) in [6, 6.07) is 15.6. The van der Waals surface area contributed by atoms with Crippen molar-refractivity contribution in [3.63, 3.8) is 0 Å². The van der Waals surface area contributed by atoms with E-state index in [1.165, 1.54) is 6.07 Å². The summed E-state index contributed by atoms with van der Waals surface area (Å²) in [7, 11) is 0. The lowest BCUT2D eigenvalue weighted by Crippen LogP contribution is -2.37. The van der Waals surface area contributed by atoms with Gasteiger partial charge in [0.25, 0.3) is 0 Å². The highest BCUT2D eigenvalue weighted by atomic mass is 19.1. The largest absolute Gasteiger partial charge is 0.383 e. The van der Waals surface area contributed by atoms with E-state index in [2.05, 4.69) is 0 Å². The van der Waals surface area contributed by atoms with Crippen LogP contribution in [0.3, 0.4) is 0 Å². The van der Waals surface area contributed by atoms with Gasteiger partial charge >= 0.3 is 0 Å². The van der Waals surface area contributed by atoms with Crippen molar-refractivity contribution < 1.29 is 9.50 Å². The second-order valence-corrected chi connectivity index (χ2v) is 4.37. The fourth-order valence-corrected chi connectivity index (χ4v) is 2.00. The van der Waals surface area contributed by atoms with E-state index in [0.717, 1.165) is 0 Å². The molecule has 18 heavy (non-hydrogen) atoms. The van der Waals surface area contributed by atoms with E-state index in [9.17, 15) is 9.50 Å². The van der Waals surface area contributed by atoms with Crippen molar-refractivity contribution in [2.75, 3.05) is 6.54 Å². The van der Waals surface area contributed by atoms with Gasteiger partial charge in [-0.3, -0.25) is 0 Å². The van der Waals surface area contributed by atoms with Gasteiger partial charge in [0.1, 0.15) is 11.4 Å². The fourth-order valence-electron chi connectivity index (χ4n) is 2.00. The third-order valence-electron chi connectivity index (χ3n) is 3.09. The summed E-state index contributed by atoms with van der Waals surface area (Å²) in [5, 5.41) is 10.6. The minimum absolute atomic E-state index is 0.0470. The van der Waals surface area contributed by atoms with Crippen LogP contribution >= 0.6 is 0 Å². The molecule has 0 heterocycles. The zero-order chi connectivity index (χ0) is 13.0. The summed E-state index contributed by atoms with van der Waals surface area (Å²) in [6.45, 7) is 0.0470. The predicted octanol–water partition coefficient (Wildman–Crippen LogP) is 2.21. The standard InChI is InChI=1S/C15H16FNO/c16-14-9-5-4-6-12(14)10-15(18,11-17)13-7-2-1-3-8-13/h1-9,18H,10-11,17H2. The van der Waals surface area contributed by atoms with E-state index >= 15 is 0 Å². The molecule has 1 atom stereocenters. The molecule has 3 heteroatoms. The van der Waals surface area contributed by atoms with E-state index in [-0.39, 0.29) is 18.8 Å². The maximum atomic E-state index is 13.6. The maximum absolute atomic E-state index is 13.6. The van der Waals surface area contributed by atoms with Crippen LogP contribution in [0.15, 0.2) is 54.6 Å². The van der Waals surface area contributed by atoms with E-state index in [1.54, 1.807) is 30.3 Å². The molecule has 0 radical (unpaired) electrons. The van der Waals surface area contributed by atoms with Crippen LogP contribution in [0.25, 0.3) is 0 Å². The van der Waals surface area contributed by atoms with Gasteiger partial charge in [-0.05, 0) is 17.2 Å². The number of benzene rings is 2. The van der Waals surface area contributed by atoms with Crippen LogP contribution < -0.4 is 5.73 Å². The highest BCUT2D eigenvalue weighted by Crippen LogP contribution is 2.25. The van der Waals surface area contributed by atoms with Crippen molar-refractivity contribution in [1.82, 2.24) is 0 Å². The average molecular weight is 245 g/mol. The summed E-state index contributed by atoms with van der Waals surface area (Å²) in [4.78, 5) is 0. The molecule has 0 fully saturated rings. The first-order chi connectivity index (χ1) is 8.65. The normalized spacial score (nSPS) is 14.2. The Morgan fingerprint density at radius 1 is 1.00 bits per heavy atom. The first-order valence-corrected chi connectivity index (χ1v) is 5.87. The SMILES string of the molecule is NCC(O)(Cc1ccccc1F)c1ccccc1. The quantitative estimate of drug-likeness (QED) is 0.867. The maximum Gasteiger partial charge on any atom is 0.126 e. The van der Waals surface area contributed by atoms with Crippen LogP contribution in [0.4, 0.5) is 4.39 Å². The Kier molecular flexibility index (Phi) is 3.75. The van der Waals surface area contributed by atoms with Gasteiger partial charge in [0, 0.05) is 13.0 Å². The highest BCUT2D eigenvalue weighted by molar-refractivity contribution is 5.28. The number of hydrogen-bond donors (Lipinski definition) is 2. The van der Waals surface area contributed by atoms with Gasteiger partial charge in [0.2, 0.25) is 0 Å². The number of aliphatic hydroxyl groups is 1. The molecule has 0 saturated carbocycles. The molecule has 0 aromatic heterocycles. The molecule has 2 aromatic carbocycles. The lowest BCUT2D eigenvalue weighted by molar-refractivity contribution is 0.0454. The zero-order valence-corrected chi connectivity index (χ0v) is 10.0. The summed E-state index contributed by atoms with van der Waals surface area (Å²) in [5.74, 6) is -0.319. The predicted molar refractivity (Wildman–Crippen MR) is 69.5 cm³/mol. The molecule has 0 aliphatic heterocycles. The smallest absolute Gasteiger partial charge is 0.126 e. The van der Waals surface area contributed by atoms with Crippen LogP contribution in [0, 0.1) is 5.82 Å². The Bertz CT molecular complexity index is 515. The summed E-state index contributed by atoms with van der Waals surface area (Å²) in [6.07, 6.45) is 0.167. The molecule has 3 N–H and O–H groups in total. The van der Waals surface area contributed by atoms with E-state index in [1.807, 2.05) is 18.2 Å². The van der Waals surface area contributed by atoms with E-state index in [4.69, 9.17) is 5.73 Å². The van der Waals surface area contributed by atoms with Crippen LogP contribution in [0.1, 0.15) is 11.1 Å². The first kappa shape index (κ1) is 12.7. The summed E-state index contributed by atoms with van der Waals surface area (Å²) in [5.41, 5.74) is 5.60. The van der Waals surface area contributed by atoms with Crippen molar-refractivity contribution in [1.29, 1.82) is 0 Å². The van der Waals surface area contributed by atoms with Gasteiger partial charge < -0.3 is 10.8 Å². The number of nitrogens with two attached hydrogens (primary N) is 1. The van der Waals surface area contributed by atoms with Crippen molar-refractivity contribution in [3.8, 4) is 0 Å². The number of halogens is 1. The van der Waals surface area contributed by atoms with E-state index < -0.39 is 5.60 Å². The molecule has 0 amide bonds. The van der Waals surface area contributed by atoms with Crippen molar-refractivity contribution >= 4 is 0 Å². The molecule has 2 rings (SSSR count). The lowest BCUT2D eigenvalue weighted by atomic mass is 9.87. The second-order valence-electron chi connectivity index (χ2n) is 4.37. The molecular weight excluding hydrogens is 229 g/mol. The number of rotatable bonds is 4. The minimum Gasteiger partial charge on any atom is -0.383 e. The molecule has 1 unspecified atom stereocenters. The fraction of sp³-hybridized carbons (Fsp3) is 0.200. The van der Waals surface area contributed by atoms with Gasteiger partial charge in [-0.25, -0.2) is 4.39 Å². The molecule has 94 valence electrons. The molecule has 0 aliphatic rings.